The Morgan fingerprint density at radius 2 is 1.67 bits per heavy atom. The van der Waals surface area contributed by atoms with Crippen molar-refractivity contribution in [2.45, 2.75) is 19.8 Å². The molecule has 0 radical (unpaired) electrons. The zero-order valence-corrected chi connectivity index (χ0v) is 6.98. The molecule has 0 saturated carbocycles. The van der Waals surface area contributed by atoms with Gasteiger partial charge in [0.1, 0.15) is 0 Å². The van der Waals surface area contributed by atoms with Crippen LogP contribution in [-0.4, -0.2) is 25.5 Å². The molecule has 0 heterocycles. The Balaban J connectivity index is 0. The predicted octanol–water partition coefficient (Wildman–Crippen LogP) is 2.15. The van der Waals surface area contributed by atoms with Gasteiger partial charge in [-0.3, -0.25) is 0 Å². The lowest BCUT2D eigenvalue weighted by molar-refractivity contribution is 0.398. The lowest BCUT2D eigenvalue weighted by Crippen LogP contribution is -2.12. The second kappa shape index (κ2) is 10.6. The summed E-state index contributed by atoms with van der Waals surface area (Å²) in [4.78, 5) is 2.21. The second-order valence-electron chi connectivity index (χ2n) is 2.16. The summed E-state index contributed by atoms with van der Waals surface area (Å²) in [5.41, 5.74) is 0. The molecular formula is C8H19N. The van der Waals surface area contributed by atoms with Crippen LogP contribution < -0.4 is 0 Å². The molecule has 0 rings (SSSR count). The first-order chi connectivity index (χ1) is 4.27. The summed E-state index contributed by atoms with van der Waals surface area (Å²) in [6.07, 6.45) is 2.63. The van der Waals surface area contributed by atoms with Crippen molar-refractivity contribution in [1.82, 2.24) is 4.90 Å². The fraction of sp³-hybridized carbons (Fsp3) is 0.750. The molecule has 1 nitrogen and oxygen atoms in total. The molecule has 0 bridgehead atoms. The fourth-order valence-electron chi connectivity index (χ4n) is 0.474. The molecule has 0 amide bonds. The van der Waals surface area contributed by atoms with Crippen molar-refractivity contribution in [2.24, 2.45) is 0 Å². The summed E-state index contributed by atoms with van der Waals surface area (Å²) in [5, 5.41) is 0. The van der Waals surface area contributed by atoms with E-state index >= 15 is 0 Å². The van der Waals surface area contributed by atoms with Gasteiger partial charge < -0.3 is 4.90 Å². The van der Waals surface area contributed by atoms with Crippen molar-refractivity contribution >= 4 is 0 Å². The first-order valence-electron chi connectivity index (χ1n) is 3.42. The van der Waals surface area contributed by atoms with Crippen LogP contribution >= 0.6 is 0 Å². The number of hydrogen-bond donors (Lipinski definition) is 0. The molecule has 0 aromatic rings. The predicted molar refractivity (Wildman–Crippen MR) is 44.7 cm³/mol. The van der Waals surface area contributed by atoms with E-state index in [1.165, 1.54) is 19.4 Å². The quantitative estimate of drug-likeness (QED) is 0.528. The normalized spacial score (nSPS) is 8.44. The smallest absolute Gasteiger partial charge is 0.00249 e. The van der Waals surface area contributed by atoms with E-state index in [1.54, 1.807) is 0 Å². The van der Waals surface area contributed by atoms with E-state index in [4.69, 9.17) is 0 Å². The average molecular weight is 129 g/mol. The van der Waals surface area contributed by atoms with Crippen molar-refractivity contribution in [2.75, 3.05) is 20.6 Å². The van der Waals surface area contributed by atoms with Crippen molar-refractivity contribution in [3.8, 4) is 0 Å². The number of rotatable bonds is 3. The van der Waals surface area contributed by atoms with Crippen LogP contribution in [0.1, 0.15) is 19.8 Å². The topological polar surface area (TPSA) is 3.24 Å². The summed E-state index contributed by atoms with van der Waals surface area (Å²) < 4.78 is 0. The zero-order chi connectivity index (χ0) is 7.70. The Morgan fingerprint density at radius 3 is 1.78 bits per heavy atom. The van der Waals surface area contributed by atoms with Crippen molar-refractivity contribution in [3.63, 3.8) is 0 Å². The van der Waals surface area contributed by atoms with E-state index in [-0.39, 0.29) is 0 Å². The van der Waals surface area contributed by atoms with Gasteiger partial charge in [-0.15, -0.1) is 13.2 Å². The van der Waals surface area contributed by atoms with E-state index in [0.717, 1.165) is 0 Å². The van der Waals surface area contributed by atoms with Crippen molar-refractivity contribution in [3.05, 3.63) is 13.2 Å². The number of hydrogen-bond acceptors (Lipinski definition) is 1. The molecule has 0 aromatic heterocycles. The van der Waals surface area contributed by atoms with Crippen molar-refractivity contribution < 1.29 is 0 Å². The van der Waals surface area contributed by atoms with Crippen LogP contribution in [0.4, 0.5) is 0 Å². The highest BCUT2D eigenvalue weighted by Crippen LogP contribution is 1.86. The van der Waals surface area contributed by atoms with Crippen LogP contribution in [0.2, 0.25) is 0 Å². The van der Waals surface area contributed by atoms with E-state index in [1.807, 2.05) is 0 Å². The van der Waals surface area contributed by atoms with Gasteiger partial charge in [0.05, 0.1) is 0 Å². The van der Waals surface area contributed by atoms with Gasteiger partial charge in [0, 0.05) is 0 Å². The van der Waals surface area contributed by atoms with Gasteiger partial charge in [0.25, 0.3) is 0 Å². The number of unbranched alkanes of at least 4 members (excludes halogenated alkanes) is 1. The van der Waals surface area contributed by atoms with Crippen LogP contribution in [0.15, 0.2) is 13.2 Å². The Bertz CT molecular complexity index is 41.8. The van der Waals surface area contributed by atoms with Gasteiger partial charge in [-0.25, -0.2) is 0 Å². The van der Waals surface area contributed by atoms with E-state index < -0.39 is 0 Å². The Morgan fingerprint density at radius 1 is 1.22 bits per heavy atom. The molecule has 9 heavy (non-hydrogen) atoms. The maximum atomic E-state index is 3.00. The van der Waals surface area contributed by atoms with Gasteiger partial charge in [0.15, 0.2) is 0 Å². The SMILES string of the molecule is C=C.CCCCN(C)C. The molecule has 0 atom stereocenters. The van der Waals surface area contributed by atoms with E-state index in [2.05, 4.69) is 39.1 Å². The Labute approximate surface area is 59.4 Å². The van der Waals surface area contributed by atoms with Gasteiger partial charge in [-0.2, -0.15) is 0 Å². The summed E-state index contributed by atoms with van der Waals surface area (Å²) in [6.45, 7) is 9.44. The molecule has 0 spiro atoms. The third kappa shape index (κ3) is 18.3. The first-order valence-corrected chi connectivity index (χ1v) is 3.42. The molecule has 0 unspecified atom stereocenters. The molecule has 0 saturated heterocycles. The van der Waals surface area contributed by atoms with Crippen molar-refractivity contribution in [1.29, 1.82) is 0 Å². The fourth-order valence-corrected chi connectivity index (χ4v) is 0.474. The maximum Gasteiger partial charge on any atom is -0.00249 e. The first kappa shape index (κ1) is 11.5. The minimum Gasteiger partial charge on any atom is -0.309 e. The van der Waals surface area contributed by atoms with Gasteiger partial charge in [0.2, 0.25) is 0 Å². The minimum absolute atomic E-state index is 1.23. The van der Waals surface area contributed by atoms with E-state index in [9.17, 15) is 0 Å². The molecule has 56 valence electrons. The molecular weight excluding hydrogens is 110 g/mol. The molecule has 0 aromatic carbocycles. The molecule has 0 aliphatic carbocycles. The lowest BCUT2D eigenvalue weighted by atomic mass is 10.3. The van der Waals surface area contributed by atoms with Crippen LogP contribution in [0.3, 0.4) is 0 Å². The summed E-state index contributed by atoms with van der Waals surface area (Å²) in [7, 11) is 4.21. The Hall–Kier alpha value is -0.300. The van der Waals surface area contributed by atoms with E-state index in [0.29, 0.717) is 0 Å². The maximum absolute atomic E-state index is 3.00. The Kier molecular flexibility index (Phi) is 13.6. The highest BCUT2D eigenvalue weighted by atomic mass is 15.0. The van der Waals surface area contributed by atoms with Gasteiger partial charge >= 0.3 is 0 Å². The largest absolute Gasteiger partial charge is 0.309 e. The van der Waals surface area contributed by atoms with Crippen LogP contribution in [0.5, 0.6) is 0 Å². The monoisotopic (exact) mass is 129 g/mol. The van der Waals surface area contributed by atoms with Crippen LogP contribution in [0.25, 0.3) is 0 Å². The third-order valence-corrected chi connectivity index (χ3v) is 0.959. The summed E-state index contributed by atoms with van der Waals surface area (Å²) in [5.74, 6) is 0. The standard InChI is InChI=1S/C6H15N.C2H4/c1-4-5-6-7(2)3;1-2/h4-6H2,1-3H3;1-2H2. The third-order valence-electron chi connectivity index (χ3n) is 0.959. The van der Waals surface area contributed by atoms with Gasteiger partial charge in [-0.05, 0) is 27.1 Å². The molecule has 0 N–H and O–H groups in total. The minimum atomic E-state index is 1.23. The molecule has 0 aliphatic rings. The zero-order valence-electron chi connectivity index (χ0n) is 6.98. The molecule has 0 aliphatic heterocycles. The van der Waals surface area contributed by atoms with Crippen LogP contribution in [0, 0.1) is 0 Å². The highest BCUT2D eigenvalue weighted by Gasteiger charge is 1.83. The molecule has 0 fully saturated rings. The number of nitrogens with zero attached hydrogens (tertiary/aromatic N) is 1. The average Bonchev–Trinajstić information content (AvgIpc) is 1.88. The molecule has 1 heteroatoms. The van der Waals surface area contributed by atoms with Gasteiger partial charge in [-0.1, -0.05) is 13.3 Å². The lowest BCUT2D eigenvalue weighted by Gasteiger charge is -2.05. The summed E-state index contributed by atoms with van der Waals surface area (Å²) >= 11 is 0. The summed E-state index contributed by atoms with van der Waals surface area (Å²) in [6, 6.07) is 0. The highest BCUT2D eigenvalue weighted by molar-refractivity contribution is 4.39. The second-order valence-corrected chi connectivity index (χ2v) is 2.16. The van der Waals surface area contributed by atoms with Crippen LogP contribution in [-0.2, 0) is 0 Å².